The van der Waals surface area contributed by atoms with Crippen LogP contribution in [0.2, 0.25) is 0 Å². The molecule has 0 saturated heterocycles. The van der Waals surface area contributed by atoms with Gasteiger partial charge in [0.2, 0.25) is 0 Å². The van der Waals surface area contributed by atoms with Crippen molar-refractivity contribution in [1.29, 1.82) is 5.26 Å². The molecule has 2 nitrogen and oxygen atoms in total. The van der Waals surface area contributed by atoms with E-state index in [-0.39, 0.29) is 11.3 Å². The van der Waals surface area contributed by atoms with Crippen LogP contribution < -0.4 is 4.74 Å². The summed E-state index contributed by atoms with van der Waals surface area (Å²) in [7, 11) is 0. The van der Waals surface area contributed by atoms with Crippen LogP contribution in [0.3, 0.4) is 0 Å². The van der Waals surface area contributed by atoms with Gasteiger partial charge in [-0.25, -0.2) is 4.39 Å². The molecule has 3 heteroatoms. The van der Waals surface area contributed by atoms with Crippen molar-refractivity contribution < 1.29 is 9.13 Å². The number of hydrogen-bond donors (Lipinski definition) is 0. The summed E-state index contributed by atoms with van der Waals surface area (Å²) < 4.78 is 19.0. The number of benzene rings is 2. The second-order valence-electron chi connectivity index (χ2n) is 3.83. The summed E-state index contributed by atoms with van der Waals surface area (Å²) in [6.07, 6.45) is 0.894. The molecule has 0 aliphatic carbocycles. The van der Waals surface area contributed by atoms with Gasteiger partial charge in [0, 0.05) is 0 Å². The van der Waals surface area contributed by atoms with Crippen molar-refractivity contribution in [2.75, 3.05) is 0 Å². The Balaban J connectivity index is 2.34. The Labute approximate surface area is 105 Å². The van der Waals surface area contributed by atoms with Crippen molar-refractivity contribution in [3.05, 3.63) is 59.4 Å². The van der Waals surface area contributed by atoms with E-state index < -0.39 is 5.82 Å². The smallest absolute Gasteiger partial charge is 0.148 e. The van der Waals surface area contributed by atoms with Crippen LogP contribution in [-0.2, 0) is 6.42 Å². The van der Waals surface area contributed by atoms with E-state index in [1.807, 2.05) is 31.2 Å². The molecule has 2 aromatic carbocycles. The van der Waals surface area contributed by atoms with Gasteiger partial charge >= 0.3 is 0 Å². The number of nitrogens with zero attached hydrogens (tertiary/aromatic N) is 1. The van der Waals surface area contributed by atoms with Crippen molar-refractivity contribution in [2.24, 2.45) is 0 Å². The molecule has 0 radical (unpaired) electrons. The van der Waals surface area contributed by atoms with E-state index >= 15 is 0 Å². The molecule has 0 atom stereocenters. The van der Waals surface area contributed by atoms with Crippen molar-refractivity contribution in [2.45, 2.75) is 13.3 Å². The van der Waals surface area contributed by atoms with Crippen molar-refractivity contribution in [3.8, 4) is 17.6 Å². The number of halogens is 1. The number of ether oxygens (including phenoxy) is 1. The number of rotatable bonds is 3. The average Bonchev–Trinajstić information content (AvgIpc) is 2.39. The zero-order valence-corrected chi connectivity index (χ0v) is 9.98. The summed E-state index contributed by atoms with van der Waals surface area (Å²) in [5.74, 6) is 0.281. The first-order chi connectivity index (χ1) is 8.74. The summed E-state index contributed by atoms with van der Waals surface area (Å²) in [5.41, 5.74) is 1.06. The zero-order chi connectivity index (χ0) is 13.0. The summed E-state index contributed by atoms with van der Waals surface area (Å²) in [6.45, 7) is 2.04. The van der Waals surface area contributed by atoms with Crippen molar-refractivity contribution in [3.63, 3.8) is 0 Å². The molecule has 0 aliphatic heterocycles. The minimum Gasteiger partial charge on any atom is -0.456 e. The Morgan fingerprint density at radius 1 is 1.22 bits per heavy atom. The molecule has 0 N–H and O–H groups in total. The van der Waals surface area contributed by atoms with Crippen molar-refractivity contribution >= 4 is 0 Å². The summed E-state index contributed by atoms with van der Waals surface area (Å²) in [5, 5.41) is 8.91. The van der Waals surface area contributed by atoms with E-state index in [9.17, 15) is 4.39 Å². The van der Waals surface area contributed by atoms with Gasteiger partial charge in [0.1, 0.15) is 28.9 Å². The van der Waals surface area contributed by atoms with E-state index in [0.29, 0.717) is 5.75 Å². The summed E-state index contributed by atoms with van der Waals surface area (Å²) >= 11 is 0. The highest BCUT2D eigenvalue weighted by molar-refractivity contribution is 5.46. The highest BCUT2D eigenvalue weighted by atomic mass is 19.1. The molecule has 2 aromatic rings. The fraction of sp³-hybridized carbons (Fsp3) is 0.133. The lowest BCUT2D eigenvalue weighted by Gasteiger charge is -2.08. The quantitative estimate of drug-likeness (QED) is 0.812. The molecule has 0 amide bonds. The minimum atomic E-state index is -0.568. The van der Waals surface area contributed by atoms with Gasteiger partial charge in [-0.1, -0.05) is 25.1 Å². The van der Waals surface area contributed by atoms with E-state index in [1.165, 1.54) is 12.1 Å². The van der Waals surface area contributed by atoms with Gasteiger partial charge < -0.3 is 4.74 Å². The Morgan fingerprint density at radius 3 is 2.72 bits per heavy atom. The van der Waals surface area contributed by atoms with Gasteiger partial charge in [0.25, 0.3) is 0 Å². The van der Waals surface area contributed by atoms with Gasteiger partial charge in [0.05, 0.1) is 0 Å². The van der Waals surface area contributed by atoms with Crippen LogP contribution in [0, 0.1) is 17.1 Å². The Morgan fingerprint density at radius 2 is 2.00 bits per heavy atom. The molecule has 90 valence electrons. The van der Waals surface area contributed by atoms with Crippen LogP contribution in [0.5, 0.6) is 11.5 Å². The van der Waals surface area contributed by atoms with E-state index in [1.54, 1.807) is 12.1 Å². The average molecular weight is 241 g/mol. The minimum absolute atomic E-state index is 0.0700. The maximum absolute atomic E-state index is 13.4. The standard InChI is InChI=1S/C15H12FNO/c1-2-11-5-3-6-12(9-11)18-15-8-4-7-14(16)13(15)10-17/h3-9H,2H2,1H3. The second-order valence-corrected chi connectivity index (χ2v) is 3.83. The molecule has 0 aliphatic rings. The van der Waals surface area contributed by atoms with E-state index in [0.717, 1.165) is 12.0 Å². The molecule has 0 heterocycles. The fourth-order valence-corrected chi connectivity index (χ4v) is 1.65. The lowest BCUT2D eigenvalue weighted by molar-refractivity contribution is 0.474. The lowest BCUT2D eigenvalue weighted by Crippen LogP contribution is -1.92. The third-order valence-electron chi connectivity index (χ3n) is 2.62. The summed E-state index contributed by atoms with van der Waals surface area (Å²) in [6, 6.07) is 13.7. The Kier molecular flexibility index (Phi) is 3.59. The van der Waals surface area contributed by atoms with Gasteiger partial charge in [-0.05, 0) is 36.2 Å². The van der Waals surface area contributed by atoms with Crippen molar-refractivity contribution in [1.82, 2.24) is 0 Å². The van der Waals surface area contributed by atoms with E-state index in [2.05, 4.69) is 0 Å². The van der Waals surface area contributed by atoms with Gasteiger partial charge in [-0.15, -0.1) is 0 Å². The molecule has 2 rings (SSSR count). The Hall–Kier alpha value is -2.34. The topological polar surface area (TPSA) is 33.0 Å². The normalized spacial score (nSPS) is 9.83. The molecular formula is C15H12FNO. The van der Waals surface area contributed by atoms with Crippen LogP contribution in [0.25, 0.3) is 0 Å². The number of hydrogen-bond acceptors (Lipinski definition) is 2. The molecule has 0 fully saturated rings. The molecule has 0 spiro atoms. The highest BCUT2D eigenvalue weighted by Gasteiger charge is 2.09. The lowest BCUT2D eigenvalue weighted by atomic mass is 10.1. The van der Waals surface area contributed by atoms with Gasteiger partial charge in [0.15, 0.2) is 0 Å². The van der Waals surface area contributed by atoms with Crippen LogP contribution in [0.4, 0.5) is 4.39 Å². The first-order valence-corrected chi connectivity index (χ1v) is 5.70. The summed E-state index contributed by atoms with van der Waals surface area (Å²) in [4.78, 5) is 0. The number of nitriles is 1. The second kappa shape index (κ2) is 5.33. The molecule has 0 aromatic heterocycles. The van der Waals surface area contributed by atoms with Crippen LogP contribution in [0.1, 0.15) is 18.1 Å². The third kappa shape index (κ3) is 2.49. The molecule has 0 bridgehead atoms. The van der Waals surface area contributed by atoms with Crippen LogP contribution >= 0.6 is 0 Å². The van der Waals surface area contributed by atoms with E-state index in [4.69, 9.17) is 10.00 Å². The molecular weight excluding hydrogens is 229 g/mol. The predicted molar refractivity (Wildman–Crippen MR) is 67.0 cm³/mol. The molecule has 0 saturated carbocycles. The predicted octanol–water partition coefficient (Wildman–Crippen LogP) is 4.05. The largest absolute Gasteiger partial charge is 0.456 e. The molecule has 0 unspecified atom stereocenters. The maximum Gasteiger partial charge on any atom is 0.148 e. The van der Waals surface area contributed by atoms with Gasteiger partial charge in [-0.3, -0.25) is 0 Å². The first-order valence-electron chi connectivity index (χ1n) is 5.70. The SMILES string of the molecule is CCc1cccc(Oc2cccc(F)c2C#N)c1. The fourth-order valence-electron chi connectivity index (χ4n) is 1.65. The molecule has 18 heavy (non-hydrogen) atoms. The monoisotopic (exact) mass is 241 g/mol. The van der Waals surface area contributed by atoms with Crippen LogP contribution in [0.15, 0.2) is 42.5 Å². The van der Waals surface area contributed by atoms with Gasteiger partial charge in [-0.2, -0.15) is 5.26 Å². The van der Waals surface area contributed by atoms with Crippen LogP contribution in [-0.4, -0.2) is 0 Å². The third-order valence-corrected chi connectivity index (χ3v) is 2.62. The maximum atomic E-state index is 13.4. The first kappa shape index (κ1) is 12.1. The highest BCUT2D eigenvalue weighted by Crippen LogP contribution is 2.27. The number of aryl methyl sites for hydroxylation is 1. The zero-order valence-electron chi connectivity index (χ0n) is 9.98. The Bertz CT molecular complexity index is 602.